The maximum absolute atomic E-state index is 12.8. The van der Waals surface area contributed by atoms with Crippen molar-refractivity contribution >= 4 is 27.8 Å². The fourth-order valence-corrected chi connectivity index (χ4v) is 2.07. The van der Waals surface area contributed by atoms with Crippen LogP contribution in [0.15, 0.2) is 22.7 Å². The van der Waals surface area contributed by atoms with E-state index in [1.165, 1.54) is 18.2 Å². The number of carbonyl (C=O) groups is 2. The molecule has 1 atom stereocenters. The normalized spacial score (nSPS) is 18.9. The largest absolute Gasteiger partial charge is 0.464 e. The van der Waals surface area contributed by atoms with Gasteiger partial charge in [-0.1, -0.05) is 0 Å². The van der Waals surface area contributed by atoms with Crippen molar-refractivity contribution in [1.82, 2.24) is 5.32 Å². The molecule has 90 valence electrons. The van der Waals surface area contributed by atoms with Crippen molar-refractivity contribution in [3.8, 4) is 0 Å². The lowest BCUT2D eigenvalue weighted by Gasteiger charge is -2.09. The van der Waals surface area contributed by atoms with E-state index < -0.39 is 23.7 Å². The molecule has 1 amide bonds. The van der Waals surface area contributed by atoms with E-state index in [4.69, 9.17) is 4.74 Å². The predicted molar refractivity (Wildman–Crippen MR) is 60.9 cm³/mol. The Morgan fingerprint density at radius 1 is 1.53 bits per heavy atom. The number of rotatable bonds is 2. The van der Waals surface area contributed by atoms with Crippen LogP contribution in [0.1, 0.15) is 16.8 Å². The first-order chi connectivity index (χ1) is 8.08. The lowest BCUT2D eigenvalue weighted by atomic mass is 10.2. The molecule has 1 aromatic carbocycles. The van der Waals surface area contributed by atoms with Crippen LogP contribution in [-0.2, 0) is 9.53 Å². The summed E-state index contributed by atoms with van der Waals surface area (Å²) < 4.78 is 17.9. The zero-order chi connectivity index (χ0) is 12.4. The number of carbonyl (C=O) groups excluding carboxylic acids is 2. The Bertz CT molecular complexity index is 478. The lowest BCUT2D eigenvalue weighted by molar-refractivity contribution is -0.139. The van der Waals surface area contributed by atoms with E-state index in [1.807, 2.05) is 0 Å². The molecule has 1 heterocycles. The monoisotopic (exact) mass is 301 g/mol. The predicted octanol–water partition coefficient (Wildman–Crippen LogP) is 1.63. The molecule has 1 saturated heterocycles. The van der Waals surface area contributed by atoms with Crippen molar-refractivity contribution in [1.29, 1.82) is 0 Å². The summed E-state index contributed by atoms with van der Waals surface area (Å²) in [4.78, 5) is 23.0. The molecule has 1 fully saturated rings. The highest BCUT2D eigenvalue weighted by Gasteiger charge is 2.28. The number of hydrogen-bond donors (Lipinski definition) is 1. The highest BCUT2D eigenvalue weighted by molar-refractivity contribution is 9.10. The molecule has 0 radical (unpaired) electrons. The number of nitrogens with one attached hydrogen (secondary N) is 1. The highest BCUT2D eigenvalue weighted by atomic mass is 79.9. The third-order valence-corrected chi connectivity index (χ3v) is 3.07. The molecule has 1 N–H and O–H groups in total. The van der Waals surface area contributed by atoms with Gasteiger partial charge in [-0.15, -0.1) is 0 Å². The van der Waals surface area contributed by atoms with Crippen LogP contribution < -0.4 is 5.32 Å². The Hall–Kier alpha value is -1.43. The van der Waals surface area contributed by atoms with Gasteiger partial charge >= 0.3 is 5.97 Å². The number of halogens is 2. The van der Waals surface area contributed by atoms with Crippen LogP contribution in [-0.4, -0.2) is 24.5 Å². The molecule has 1 unspecified atom stereocenters. The molecule has 0 bridgehead atoms. The molecule has 1 aliphatic heterocycles. The standard InChI is InChI=1S/C11H9BrFNO3/c12-8-5-6(13)1-2-7(8)10(15)14-9-3-4-17-11(9)16/h1-2,5,9H,3-4H2,(H,14,15). The van der Waals surface area contributed by atoms with E-state index in [1.54, 1.807) is 0 Å². The summed E-state index contributed by atoms with van der Waals surface area (Å²) >= 11 is 3.10. The van der Waals surface area contributed by atoms with Gasteiger partial charge in [-0.25, -0.2) is 9.18 Å². The van der Waals surface area contributed by atoms with Crippen LogP contribution in [0.25, 0.3) is 0 Å². The number of esters is 1. The fraction of sp³-hybridized carbons (Fsp3) is 0.273. The zero-order valence-corrected chi connectivity index (χ0v) is 10.3. The van der Waals surface area contributed by atoms with Crippen molar-refractivity contribution in [3.63, 3.8) is 0 Å². The van der Waals surface area contributed by atoms with Crippen LogP contribution in [0, 0.1) is 5.82 Å². The molecule has 1 aromatic rings. The molecule has 0 spiro atoms. The average Bonchev–Trinajstić information content (AvgIpc) is 2.64. The second-order valence-corrected chi connectivity index (χ2v) is 4.46. The minimum Gasteiger partial charge on any atom is -0.464 e. The number of amides is 1. The Labute approximate surface area is 105 Å². The number of cyclic esters (lactones) is 1. The fourth-order valence-electron chi connectivity index (χ4n) is 1.54. The van der Waals surface area contributed by atoms with Crippen LogP contribution in [0.2, 0.25) is 0 Å². The summed E-state index contributed by atoms with van der Waals surface area (Å²) in [5.41, 5.74) is 0.283. The van der Waals surface area contributed by atoms with Gasteiger partial charge in [0.05, 0.1) is 12.2 Å². The van der Waals surface area contributed by atoms with Gasteiger partial charge in [-0.05, 0) is 34.1 Å². The van der Waals surface area contributed by atoms with Gasteiger partial charge in [-0.3, -0.25) is 4.79 Å². The molecule has 6 heteroatoms. The summed E-state index contributed by atoms with van der Waals surface area (Å²) in [6, 6.07) is 3.13. The lowest BCUT2D eigenvalue weighted by Crippen LogP contribution is -2.38. The Morgan fingerprint density at radius 2 is 2.29 bits per heavy atom. The van der Waals surface area contributed by atoms with Crippen molar-refractivity contribution in [2.75, 3.05) is 6.61 Å². The van der Waals surface area contributed by atoms with Gasteiger partial charge < -0.3 is 10.1 Å². The van der Waals surface area contributed by atoms with Gasteiger partial charge in [0.25, 0.3) is 5.91 Å². The van der Waals surface area contributed by atoms with Crippen molar-refractivity contribution in [2.24, 2.45) is 0 Å². The molecule has 4 nitrogen and oxygen atoms in total. The van der Waals surface area contributed by atoms with E-state index in [-0.39, 0.29) is 5.56 Å². The number of benzene rings is 1. The first-order valence-corrected chi connectivity index (χ1v) is 5.80. The van der Waals surface area contributed by atoms with E-state index in [9.17, 15) is 14.0 Å². The summed E-state index contributed by atoms with van der Waals surface area (Å²) in [6.07, 6.45) is 0.462. The third-order valence-electron chi connectivity index (χ3n) is 2.42. The van der Waals surface area contributed by atoms with E-state index in [0.717, 1.165) is 0 Å². The minimum atomic E-state index is -0.612. The zero-order valence-electron chi connectivity index (χ0n) is 8.70. The summed E-state index contributed by atoms with van der Waals surface area (Å²) in [7, 11) is 0. The van der Waals surface area contributed by atoms with Crippen LogP contribution in [0.5, 0.6) is 0 Å². The molecule has 0 saturated carbocycles. The maximum atomic E-state index is 12.8. The Morgan fingerprint density at radius 3 is 2.88 bits per heavy atom. The Balaban J connectivity index is 2.11. The van der Waals surface area contributed by atoms with E-state index in [0.29, 0.717) is 17.5 Å². The smallest absolute Gasteiger partial charge is 0.328 e. The minimum absolute atomic E-state index is 0.283. The molecule has 1 aliphatic rings. The summed E-state index contributed by atoms with van der Waals surface area (Å²) in [5.74, 6) is -1.30. The average molecular weight is 302 g/mol. The SMILES string of the molecule is O=C(NC1CCOC1=O)c1ccc(F)cc1Br. The molecule has 0 aliphatic carbocycles. The number of hydrogen-bond acceptors (Lipinski definition) is 3. The van der Waals surface area contributed by atoms with Crippen molar-refractivity contribution in [2.45, 2.75) is 12.5 Å². The van der Waals surface area contributed by atoms with E-state index in [2.05, 4.69) is 21.2 Å². The topological polar surface area (TPSA) is 55.4 Å². The third kappa shape index (κ3) is 2.63. The molecule has 2 rings (SSSR count). The summed E-state index contributed by atoms with van der Waals surface area (Å²) in [6.45, 7) is 0.314. The molecular weight excluding hydrogens is 293 g/mol. The van der Waals surface area contributed by atoms with Crippen molar-refractivity contribution in [3.05, 3.63) is 34.1 Å². The molecule has 17 heavy (non-hydrogen) atoms. The van der Waals surface area contributed by atoms with Gasteiger partial charge in [0, 0.05) is 10.9 Å². The second-order valence-electron chi connectivity index (χ2n) is 3.61. The molecule has 0 aromatic heterocycles. The van der Waals surface area contributed by atoms with Crippen molar-refractivity contribution < 1.29 is 18.7 Å². The second kappa shape index (κ2) is 4.83. The van der Waals surface area contributed by atoms with Gasteiger partial charge in [0.1, 0.15) is 11.9 Å². The quantitative estimate of drug-likeness (QED) is 0.845. The maximum Gasteiger partial charge on any atom is 0.328 e. The van der Waals surface area contributed by atoms with Crippen LogP contribution in [0.3, 0.4) is 0 Å². The first kappa shape index (κ1) is 12.0. The van der Waals surface area contributed by atoms with E-state index >= 15 is 0 Å². The van der Waals surface area contributed by atoms with Crippen LogP contribution in [0.4, 0.5) is 4.39 Å². The molecular formula is C11H9BrFNO3. The number of ether oxygens (including phenoxy) is 1. The first-order valence-electron chi connectivity index (χ1n) is 5.00. The Kier molecular flexibility index (Phi) is 3.42. The van der Waals surface area contributed by atoms with Gasteiger partial charge in [0.15, 0.2) is 0 Å². The van der Waals surface area contributed by atoms with Gasteiger partial charge in [0.2, 0.25) is 0 Å². The summed E-state index contributed by atoms with van der Waals surface area (Å²) in [5, 5.41) is 2.54. The highest BCUT2D eigenvalue weighted by Crippen LogP contribution is 2.18. The van der Waals surface area contributed by atoms with Crippen LogP contribution >= 0.6 is 15.9 Å². The van der Waals surface area contributed by atoms with Gasteiger partial charge in [-0.2, -0.15) is 0 Å².